The zero-order valence-corrected chi connectivity index (χ0v) is 13.9. The molecule has 8 heteroatoms. The lowest BCUT2D eigenvalue weighted by Crippen LogP contribution is -2.35. The fourth-order valence-corrected chi connectivity index (χ4v) is 2.12. The van der Waals surface area contributed by atoms with E-state index in [-0.39, 0.29) is 22.1 Å². The highest BCUT2D eigenvalue weighted by molar-refractivity contribution is 6.32. The van der Waals surface area contributed by atoms with E-state index in [1.807, 2.05) is 6.92 Å². The van der Waals surface area contributed by atoms with Crippen LogP contribution >= 0.6 is 11.6 Å². The van der Waals surface area contributed by atoms with Crippen molar-refractivity contribution in [1.82, 2.24) is 4.90 Å². The van der Waals surface area contributed by atoms with Gasteiger partial charge in [-0.2, -0.15) is 13.2 Å². The van der Waals surface area contributed by atoms with Crippen LogP contribution in [0, 0.1) is 0 Å². The molecule has 0 atom stereocenters. The average molecular weight is 354 g/mol. The van der Waals surface area contributed by atoms with E-state index in [1.165, 1.54) is 12.1 Å². The van der Waals surface area contributed by atoms with Gasteiger partial charge < -0.3 is 14.4 Å². The van der Waals surface area contributed by atoms with Gasteiger partial charge >= 0.3 is 6.18 Å². The standard InChI is InChI=1S/C15H19ClF3NO3/c1-4-6-23-13-11(16)7-10(8-12(13)22-5-2)14(21)20(3)9-15(17,18)19/h7-8H,4-6,9H2,1-3H3. The largest absolute Gasteiger partial charge is 0.490 e. The van der Waals surface area contributed by atoms with Gasteiger partial charge in [0, 0.05) is 12.6 Å². The van der Waals surface area contributed by atoms with Crippen molar-refractivity contribution in [2.45, 2.75) is 26.4 Å². The number of alkyl halides is 3. The van der Waals surface area contributed by atoms with Crippen molar-refractivity contribution in [2.24, 2.45) is 0 Å². The molecule has 130 valence electrons. The fraction of sp³-hybridized carbons (Fsp3) is 0.533. The van der Waals surface area contributed by atoms with Crippen LogP contribution in [0.3, 0.4) is 0 Å². The zero-order valence-electron chi connectivity index (χ0n) is 13.2. The highest BCUT2D eigenvalue weighted by atomic mass is 35.5. The number of carbonyl (C=O) groups excluding carboxylic acids is 1. The van der Waals surface area contributed by atoms with Crippen molar-refractivity contribution in [3.05, 3.63) is 22.7 Å². The molecule has 0 fully saturated rings. The van der Waals surface area contributed by atoms with Gasteiger partial charge in [0.25, 0.3) is 5.91 Å². The molecule has 0 aliphatic heterocycles. The molecule has 4 nitrogen and oxygen atoms in total. The van der Waals surface area contributed by atoms with Crippen LogP contribution in [-0.2, 0) is 0 Å². The summed E-state index contributed by atoms with van der Waals surface area (Å²) < 4.78 is 48.1. The molecule has 0 aromatic heterocycles. The minimum atomic E-state index is -4.47. The first-order valence-corrected chi connectivity index (χ1v) is 7.48. The van der Waals surface area contributed by atoms with Gasteiger partial charge in [-0.3, -0.25) is 4.79 Å². The first kappa shape index (κ1) is 19.4. The number of rotatable bonds is 7. The van der Waals surface area contributed by atoms with Crippen LogP contribution in [0.4, 0.5) is 13.2 Å². The van der Waals surface area contributed by atoms with Gasteiger partial charge in [-0.1, -0.05) is 18.5 Å². The SMILES string of the molecule is CCCOc1c(Cl)cc(C(=O)N(C)CC(F)(F)F)cc1OCC. The maximum absolute atomic E-state index is 12.4. The summed E-state index contributed by atoms with van der Waals surface area (Å²) in [6, 6.07) is 2.62. The van der Waals surface area contributed by atoms with Crippen LogP contribution in [0.2, 0.25) is 5.02 Å². The summed E-state index contributed by atoms with van der Waals surface area (Å²) in [4.78, 5) is 12.7. The molecule has 0 saturated heterocycles. The lowest BCUT2D eigenvalue weighted by Gasteiger charge is -2.20. The Bertz CT molecular complexity index is 550. The number of hydrogen-bond acceptors (Lipinski definition) is 3. The first-order chi connectivity index (χ1) is 10.7. The van der Waals surface area contributed by atoms with E-state index in [2.05, 4.69) is 0 Å². The van der Waals surface area contributed by atoms with Crippen molar-refractivity contribution >= 4 is 17.5 Å². The predicted molar refractivity (Wildman–Crippen MR) is 81.4 cm³/mol. The summed E-state index contributed by atoms with van der Waals surface area (Å²) in [5.74, 6) is -0.283. The highest BCUT2D eigenvalue weighted by Crippen LogP contribution is 2.37. The Balaban J connectivity index is 3.10. The molecule has 23 heavy (non-hydrogen) atoms. The van der Waals surface area contributed by atoms with Crippen LogP contribution in [0.25, 0.3) is 0 Å². The molecular formula is C15H19ClF3NO3. The summed E-state index contributed by atoms with van der Waals surface area (Å²) >= 11 is 6.09. The maximum Gasteiger partial charge on any atom is 0.406 e. The second-order valence-electron chi connectivity index (χ2n) is 4.84. The van der Waals surface area contributed by atoms with Crippen LogP contribution < -0.4 is 9.47 Å². The van der Waals surface area contributed by atoms with E-state index in [0.717, 1.165) is 13.5 Å². The molecule has 0 heterocycles. The summed E-state index contributed by atoms with van der Waals surface area (Å²) in [5, 5.41) is 0.119. The van der Waals surface area contributed by atoms with Crippen LogP contribution in [0.15, 0.2) is 12.1 Å². The minimum Gasteiger partial charge on any atom is -0.490 e. The molecule has 0 saturated carbocycles. The summed E-state index contributed by atoms with van der Waals surface area (Å²) in [7, 11) is 1.07. The van der Waals surface area contributed by atoms with Gasteiger partial charge in [-0.25, -0.2) is 0 Å². The second kappa shape index (κ2) is 8.29. The molecule has 1 aromatic carbocycles. The van der Waals surface area contributed by atoms with Crippen LogP contribution in [0.5, 0.6) is 11.5 Å². The van der Waals surface area contributed by atoms with Gasteiger partial charge in [-0.15, -0.1) is 0 Å². The summed E-state index contributed by atoms with van der Waals surface area (Å²) in [6.07, 6.45) is -3.72. The smallest absolute Gasteiger partial charge is 0.406 e. The molecule has 0 N–H and O–H groups in total. The molecule has 1 amide bonds. The minimum absolute atomic E-state index is 0.00838. The molecule has 0 spiro atoms. The predicted octanol–water partition coefficient (Wildman–Crippen LogP) is 4.16. The lowest BCUT2D eigenvalue weighted by atomic mass is 10.1. The molecular weight excluding hydrogens is 335 g/mol. The number of amides is 1. The van der Waals surface area contributed by atoms with Crippen molar-refractivity contribution < 1.29 is 27.4 Å². The number of carbonyl (C=O) groups is 1. The molecule has 1 rings (SSSR count). The van der Waals surface area contributed by atoms with Crippen molar-refractivity contribution in [1.29, 1.82) is 0 Å². The van der Waals surface area contributed by atoms with Gasteiger partial charge in [0.05, 0.1) is 18.2 Å². The Kier molecular flexibility index (Phi) is 7.00. The van der Waals surface area contributed by atoms with E-state index in [4.69, 9.17) is 21.1 Å². The lowest BCUT2D eigenvalue weighted by molar-refractivity contribution is -0.138. The summed E-state index contributed by atoms with van der Waals surface area (Å²) in [5.41, 5.74) is 0.00838. The third kappa shape index (κ3) is 5.82. The Labute approximate surface area is 138 Å². The van der Waals surface area contributed by atoms with E-state index >= 15 is 0 Å². The average Bonchev–Trinajstić information content (AvgIpc) is 2.44. The third-order valence-corrected chi connectivity index (χ3v) is 3.05. The Morgan fingerprint density at radius 2 is 1.91 bits per heavy atom. The first-order valence-electron chi connectivity index (χ1n) is 7.11. The summed E-state index contributed by atoms with van der Waals surface area (Å²) in [6.45, 7) is 3.01. The van der Waals surface area contributed by atoms with E-state index < -0.39 is 18.6 Å². The quantitative estimate of drug-likeness (QED) is 0.738. The Morgan fingerprint density at radius 3 is 2.43 bits per heavy atom. The van der Waals surface area contributed by atoms with Crippen molar-refractivity contribution in [3.8, 4) is 11.5 Å². The van der Waals surface area contributed by atoms with Gasteiger partial charge in [0.15, 0.2) is 11.5 Å². The third-order valence-electron chi connectivity index (χ3n) is 2.77. The molecule has 0 radical (unpaired) electrons. The van der Waals surface area contributed by atoms with E-state index in [9.17, 15) is 18.0 Å². The number of nitrogens with zero attached hydrogens (tertiary/aromatic N) is 1. The molecule has 1 aromatic rings. The normalized spacial score (nSPS) is 11.3. The topological polar surface area (TPSA) is 38.8 Å². The van der Waals surface area contributed by atoms with E-state index in [1.54, 1.807) is 6.92 Å². The van der Waals surface area contributed by atoms with Crippen LogP contribution in [-0.4, -0.2) is 43.8 Å². The molecule has 0 aliphatic rings. The van der Waals surface area contributed by atoms with Gasteiger partial charge in [0.1, 0.15) is 6.54 Å². The van der Waals surface area contributed by atoms with Gasteiger partial charge in [-0.05, 0) is 25.5 Å². The molecule has 0 unspecified atom stereocenters. The molecule has 0 bridgehead atoms. The second-order valence-corrected chi connectivity index (χ2v) is 5.25. The Morgan fingerprint density at radius 1 is 1.26 bits per heavy atom. The molecule has 0 aliphatic carbocycles. The maximum atomic E-state index is 12.4. The number of benzene rings is 1. The number of halogens is 4. The van der Waals surface area contributed by atoms with E-state index in [0.29, 0.717) is 18.1 Å². The fourth-order valence-electron chi connectivity index (χ4n) is 1.86. The number of hydrogen-bond donors (Lipinski definition) is 0. The Hall–Kier alpha value is -1.63. The highest BCUT2D eigenvalue weighted by Gasteiger charge is 2.32. The zero-order chi connectivity index (χ0) is 17.6. The van der Waals surface area contributed by atoms with Gasteiger partial charge in [0.2, 0.25) is 0 Å². The van der Waals surface area contributed by atoms with Crippen molar-refractivity contribution in [2.75, 3.05) is 26.8 Å². The van der Waals surface area contributed by atoms with Crippen molar-refractivity contribution in [3.63, 3.8) is 0 Å². The van der Waals surface area contributed by atoms with Crippen LogP contribution in [0.1, 0.15) is 30.6 Å². The number of ether oxygens (including phenoxy) is 2. The monoisotopic (exact) mass is 353 g/mol.